The van der Waals surface area contributed by atoms with Crippen LogP contribution in [0, 0.1) is 5.41 Å². The van der Waals surface area contributed by atoms with Gasteiger partial charge in [-0.25, -0.2) is 24.5 Å². The number of nitrogens with zero attached hydrogens (tertiary/aromatic N) is 5. The molecule has 1 aromatic carbocycles. The molecule has 12 nitrogen and oxygen atoms in total. The van der Waals surface area contributed by atoms with Gasteiger partial charge in [0.05, 0.1) is 49.9 Å². The molecular weight excluding hydrogens is 656 g/mol. The van der Waals surface area contributed by atoms with Crippen LogP contribution in [0.5, 0.6) is 5.75 Å². The van der Waals surface area contributed by atoms with Crippen LogP contribution in [-0.2, 0) is 14.2 Å². The van der Waals surface area contributed by atoms with Crippen molar-refractivity contribution in [2.24, 2.45) is 5.41 Å². The lowest BCUT2D eigenvalue weighted by molar-refractivity contribution is 0.0433. The summed E-state index contributed by atoms with van der Waals surface area (Å²) in [6.45, 7) is 9.19. The molecule has 14 heteroatoms. The minimum Gasteiger partial charge on any atom is -0.497 e. The van der Waals surface area contributed by atoms with Crippen molar-refractivity contribution in [2.75, 3.05) is 38.8 Å². The van der Waals surface area contributed by atoms with E-state index < -0.39 is 17.7 Å². The van der Waals surface area contributed by atoms with E-state index in [-0.39, 0.29) is 23.3 Å². The number of hydrogen-bond acceptors (Lipinski definition) is 11. The number of pyridine rings is 1. The number of alkyl carbamates (subject to hydrolysis) is 1. The first-order chi connectivity index (χ1) is 22.9. The van der Waals surface area contributed by atoms with Crippen molar-refractivity contribution < 1.29 is 28.5 Å². The van der Waals surface area contributed by atoms with Gasteiger partial charge in [-0.2, -0.15) is 0 Å². The summed E-state index contributed by atoms with van der Waals surface area (Å²) in [7, 11) is 2.95. The number of ether oxygens (including phenoxy) is 4. The zero-order valence-corrected chi connectivity index (χ0v) is 29.4. The number of benzene rings is 1. The van der Waals surface area contributed by atoms with Gasteiger partial charge in [-0.1, -0.05) is 23.4 Å². The minimum atomic E-state index is -0.602. The van der Waals surface area contributed by atoms with Crippen molar-refractivity contribution in [1.82, 2.24) is 24.7 Å². The molecule has 0 radical (unpaired) electrons. The number of aromatic nitrogens is 4. The van der Waals surface area contributed by atoms with Gasteiger partial charge in [0, 0.05) is 41.4 Å². The van der Waals surface area contributed by atoms with E-state index in [9.17, 15) is 9.59 Å². The van der Waals surface area contributed by atoms with Crippen molar-refractivity contribution >= 4 is 46.9 Å². The Bertz CT molecular complexity index is 1820. The van der Waals surface area contributed by atoms with E-state index in [1.54, 1.807) is 13.3 Å². The largest absolute Gasteiger partial charge is 0.497 e. The lowest BCUT2D eigenvalue weighted by atomic mass is 9.73. The van der Waals surface area contributed by atoms with Gasteiger partial charge in [0.1, 0.15) is 16.4 Å². The number of piperidine rings is 1. The monoisotopic (exact) mass is 694 g/mol. The Morgan fingerprint density at radius 2 is 1.83 bits per heavy atom. The number of nitrogens with one attached hydrogen (secondary N) is 1. The normalized spacial score (nSPS) is 19.0. The van der Waals surface area contributed by atoms with Gasteiger partial charge in [-0.05, 0) is 70.9 Å². The molecule has 0 bridgehead atoms. The number of hydrogen-bond donors (Lipinski definition) is 1. The molecular formula is C34H39ClN6O6S. The number of carbonyl (C=O) groups excluding carboxylic acids is 2. The highest BCUT2D eigenvalue weighted by Gasteiger charge is 2.51. The predicted octanol–water partition coefficient (Wildman–Crippen LogP) is 6.29. The number of amides is 1. The first-order valence-electron chi connectivity index (χ1n) is 15.7. The number of halogens is 1. The molecule has 48 heavy (non-hydrogen) atoms. The van der Waals surface area contributed by atoms with Crippen molar-refractivity contribution in [3.63, 3.8) is 0 Å². The van der Waals surface area contributed by atoms with Crippen LogP contribution in [-0.4, -0.2) is 83.1 Å². The number of carbonyl (C=O) groups is 2. The summed E-state index contributed by atoms with van der Waals surface area (Å²) in [6, 6.07) is 9.33. The summed E-state index contributed by atoms with van der Waals surface area (Å²) < 4.78 is 23.8. The Balaban J connectivity index is 1.19. The van der Waals surface area contributed by atoms with Gasteiger partial charge >= 0.3 is 12.1 Å². The zero-order chi connectivity index (χ0) is 34.2. The molecule has 1 spiro atoms. The molecule has 4 aromatic rings. The second-order valence-corrected chi connectivity index (χ2v) is 14.5. The summed E-state index contributed by atoms with van der Waals surface area (Å²) in [5.41, 5.74) is 1.55. The quantitative estimate of drug-likeness (QED) is 0.219. The fourth-order valence-electron chi connectivity index (χ4n) is 6.28. The molecule has 254 valence electrons. The van der Waals surface area contributed by atoms with E-state index in [4.69, 9.17) is 40.5 Å². The molecule has 2 atom stereocenters. The van der Waals surface area contributed by atoms with Crippen molar-refractivity contribution in [3.05, 3.63) is 59.6 Å². The van der Waals surface area contributed by atoms with E-state index in [0.29, 0.717) is 46.1 Å². The Labute approximate surface area is 288 Å². The lowest BCUT2D eigenvalue weighted by Gasteiger charge is -2.43. The Morgan fingerprint density at radius 3 is 2.50 bits per heavy atom. The average Bonchev–Trinajstić information content (AvgIpc) is 3.63. The van der Waals surface area contributed by atoms with Gasteiger partial charge in [0.2, 0.25) is 0 Å². The topological polar surface area (TPSA) is 129 Å². The predicted molar refractivity (Wildman–Crippen MR) is 182 cm³/mol. The Morgan fingerprint density at radius 1 is 1.10 bits per heavy atom. The third-order valence-electron chi connectivity index (χ3n) is 8.74. The molecule has 6 rings (SSSR count). The molecule has 2 fully saturated rings. The highest BCUT2D eigenvalue weighted by Crippen LogP contribution is 2.44. The summed E-state index contributed by atoms with van der Waals surface area (Å²) in [6.07, 6.45) is 6.26. The number of rotatable bonds is 7. The van der Waals surface area contributed by atoms with Gasteiger partial charge in [-0.3, -0.25) is 0 Å². The van der Waals surface area contributed by atoms with E-state index >= 15 is 0 Å². The van der Waals surface area contributed by atoms with Crippen LogP contribution in [0.25, 0.3) is 16.9 Å². The molecule has 5 heterocycles. The Kier molecular flexibility index (Phi) is 9.47. The number of methoxy groups -OCH3 is 2. The fraction of sp³-hybridized carbons (Fsp3) is 0.441. The lowest BCUT2D eigenvalue weighted by Crippen LogP contribution is -2.55. The van der Waals surface area contributed by atoms with Gasteiger partial charge in [0.15, 0.2) is 17.2 Å². The van der Waals surface area contributed by atoms with Crippen LogP contribution in [0.3, 0.4) is 0 Å². The van der Waals surface area contributed by atoms with Crippen LogP contribution in [0.2, 0.25) is 5.02 Å². The summed E-state index contributed by atoms with van der Waals surface area (Å²) in [4.78, 5) is 42.6. The SMILES string of the molecule is COC(=O)c1nc(Sc2ccn3cc(-c4ccc(OC)cc4)nc3c2Cl)cnc1N1CCC2(CC1)CO[C@@H](C)[C@H]2NC(=O)OC(C)(C)C. The van der Waals surface area contributed by atoms with E-state index in [2.05, 4.69) is 10.3 Å². The average molecular weight is 695 g/mol. The molecule has 1 amide bonds. The van der Waals surface area contributed by atoms with Crippen LogP contribution in [0.1, 0.15) is 51.0 Å². The molecule has 0 unspecified atom stereocenters. The molecule has 0 saturated carbocycles. The highest BCUT2D eigenvalue weighted by molar-refractivity contribution is 7.99. The smallest absolute Gasteiger partial charge is 0.407 e. The zero-order valence-electron chi connectivity index (χ0n) is 27.8. The second-order valence-electron chi connectivity index (χ2n) is 13.0. The molecule has 3 aromatic heterocycles. The number of imidazole rings is 1. The summed E-state index contributed by atoms with van der Waals surface area (Å²) in [5.74, 6) is 0.631. The van der Waals surface area contributed by atoms with Crippen molar-refractivity contribution in [3.8, 4) is 17.0 Å². The summed E-state index contributed by atoms with van der Waals surface area (Å²) in [5, 5.41) is 4.01. The molecule has 1 N–H and O–H groups in total. The first-order valence-corrected chi connectivity index (χ1v) is 16.9. The number of fused-ring (bicyclic) bond motifs is 1. The van der Waals surface area contributed by atoms with Crippen LogP contribution < -0.4 is 15.0 Å². The Hall–Kier alpha value is -4.07. The fourth-order valence-corrected chi connectivity index (χ4v) is 7.38. The van der Waals surface area contributed by atoms with E-state index in [1.165, 1.54) is 18.9 Å². The maximum absolute atomic E-state index is 13.0. The summed E-state index contributed by atoms with van der Waals surface area (Å²) >= 11 is 8.14. The van der Waals surface area contributed by atoms with E-state index in [0.717, 1.165) is 29.8 Å². The van der Waals surface area contributed by atoms with Gasteiger partial charge in [0.25, 0.3) is 0 Å². The van der Waals surface area contributed by atoms with Crippen molar-refractivity contribution in [2.45, 2.75) is 68.2 Å². The minimum absolute atomic E-state index is 0.123. The van der Waals surface area contributed by atoms with Gasteiger partial charge < -0.3 is 33.6 Å². The van der Waals surface area contributed by atoms with Gasteiger partial charge in [-0.15, -0.1) is 0 Å². The third-order valence-corrected chi connectivity index (χ3v) is 10.2. The van der Waals surface area contributed by atoms with Crippen LogP contribution >= 0.6 is 23.4 Å². The number of esters is 1. The first kappa shape index (κ1) is 33.8. The van der Waals surface area contributed by atoms with Crippen LogP contribution in [0.4, 0.5) is 10.6 Å². The molecule has 0 aliphatic carbocycles. The van der Waals surface area contributed by atoms with Crippen molar-refractivity contribution in [1.29, 1.82) is 0 Å². The molecule has 2 aliphatic heterocycles. The third kappa shape index (κ3) is 6.90. The number of anilines is 1. The second kappa shape index (κ2) is 13.4. The molecule has 2 saturated heterocycles. The van der Waals surface area contributed by atoms with E-state index in [1.807, 2.05) is 79.7 Å². The maximum Gasteiger partial charge on any atom is 0.407 e. The maximum atomic E-state index is 13.0. The highest BCUT2D eigenvalue weighted by atomic mass is 35.5. The molecule has 2 aliphatic rings. The standard InChI is InChI=1S/C34H39ClN6O6S/c1-20-28(39-32(43)47-33(2,3)4)34(19-46-20)12-15-40(16-13-34)30-27(31(42)45-6)38-25(17-36-30)48-24-11-14-41-18-23(37-29(41)26(24)35)21-7-9-22(44-5)10-8-21/h7-11,14,17-18,20,28H,12-13,15-16,19H2,1-6H3,(H,39,43)/t20-,28+/m0/s1. The van der Waals surface area contributed by atoms with Crippen LogP contribution in [0.15, 0.2) is 58.8 Å².